The van der Waals surface area contributed by atoms with Crippen molar-refractivity contribution < 1.29 is 19.4 Å². The second-order valence-electron chi connectivity index (χ2n) is 8.48. The van der Waals surface area contributed by atoms with Crippen LogP contribution < -0.4 is 5.32 Å². The standard InChI is InChI=1S/C24H28ClN5O4/c1-4-34-23(33)24(2,3)15-27-22(32)21-20(31)12-17(13-26-21)19-14-30(29-28-19)11-5-6-16-7-9-18(25)10-8-16/h7-10,12-14,31H,4-6,11,15H2,1-3H3,(H,27,32). The Balaban J connectivity index is 1.58. The molecule has 34 heavy (non-hydrogen) atoms. The molecule has 0 aliphatic carbocycles. The van der Waals surface area contributed by atoms with E-state index in [9.17, 15) is 14.7 Å². The molecule has 10 heteroatoms. The maximum Gasteiger partial charge on any atom is 0.313 e. The Bertz CT molecular complexity index is 1140. The first-order valence-corrected chi connectivity index (χ1v) is 11.4. The van der Waals surface area contributed by atoms with Gasteiger partial charge in [0.1, 0.15) is 11.4 Å². The second-order valence-corrected chi connectivity index (χ2v) is 8.91. The van der Waals surface area contributed by atoms with Crippen molar-refractivity contribution in [3.63, 3.8) is 0 Å². The molecule has 0 bridgehead atoms. The van der Waals surface area contributed by atoms with Crippen molar-refractivity contribution in [3.8, 4) is 17.0 Å². The summed E-state index contributed by atoms with van der Waals surface area (Å²) in [5, 5.41) is 22.0. The zero-order valence-electron chi connectivity index (χ0n) is 19.4. The van der Waals surface area contributed by atoms with Gasteiger partial charge in [-0.1, -0.05) is 28.9 Å². The highest BCUT2D eigenvalue weighted by molar-refractivity contribution is 6.30. The summed E-state index contributed by atoms with van der Waals surface area (Å²) in [6.45, 7) is 6.02. The van der Waals surface area contributed by atoms with Gasteiger partial charge in [-0.15, -0.1) is 5.10 Å². The molecule has 0 spiro atoms. The number of nitrogens with one attached hydrogen (secondary N) is 1. The third kappa shape index (κ3) is 6.54. The van der Waals surface area contributed by atoms with E-state index in [-0.39, 0.29) is 24.6 Å². The number of ether oxygens (including phenoxy) is 1. The van der Waals surface area contributed by atoms with E-state index in [4.69, 9.17) is 16.3 Å². The summed E-state index contributed by atoms with van der Waals surface area (Å²) in [7, 11) is 0. The quantitative estimate of drug-likeness (QED) is 0.420. The highest BCUT2D eigenvalue weighted by atomic mass is 35.5. The molecular weight excluding hydrogens is 458 g/mol. The van der Waals surface area contributed by atoms with Crippen molar-refractivity contribution >= 4 is 23.5 Å². The number of nitrogens with zero attached hydrogens (tertiary/aromatic N) is 4. The van der Waals surface area contributed by atoms with Crippen LogP contribution in [0.5, 0.6) is 5.75 Å². The Labute approximate surface area is 203 Å². The van der Waals surface area contributed by atoms with Gasteiger partial charge in [0.25, 0.3) is 5.91 Å². The predicted molar refractivity (Wildman–Crippen MR) is 127 cm³/mol. The monoisotopic (exact) mass is 485 g/mol. The number of carbonyl (C=O) groups excluding carboxylic acids is 2. The first kappa shape index (κ1) is 25.2. The van der Waals surface area contributed by atoms with Crippen molar-refractivity contribution in [2.24, 2.45) is 5.41 Å². The number of aromatic hydroxyl groups is 1. The minimum atomic E-state index is -0.909. The van der Waals surface area contributed by atoms with Crippen LogP contribution in [-0.2, 0) is 22.5 Å². The summed E-state index contributed by atoms with van der Waals surface area (Å²) in [5.74, 6) is -1.30. The van der Waals surface area contributed by atoms with Gasteiger partial charge in [0.15, 0.2) is 5.69 Å². The highest BCUT2D eigenvalue weighted by Crippen LogP contribution is 2.24. The van der Waals surface area contributed by atoms with Gasteiger partial charge in [-0.3, -0.25) is 14.3 Å². The molecular formula is C24H28ClN5O4. The van der Waals surface area contributed by atoms with Crippen molar-refractivity contribution in [2.45, 2.75) is 40.2 Å². The minimum Gasteiger partial charge on any atom is -0.505 e. The zero-order valence-corrected chi connectivity index (χ0v) is 20.2. The molecule has 3 aromatic rings. The summed E-state index contributed by atoms with van der Waals surface area (Å²) >= 11 is 5.91. The van der Waals surface area contributed by atoms with E-state index < -0.39 is 17.3 Å². The van der Waals surface area contributed by atoms with Crippen LogP contribution in [0.3, 0.4) is 0 Å². The molecule has 1 aromatic carbocycles. The molecule has 0 saturated heterocycles. The molecule has 0 fully saturated rings. The lowest BCUT2D eigenvalue weighted by molar-refractivity contribution is -0.153. The summed E-state index contributed by atoms with van der Waals surface area (Å²) in [6, 6.07) is 9.16. The van der Waals surface area contributed by atoms with E-state index in [1.807, 2.05) is 24.3 Å². The molecule has 0 aliphatic rings. The van der Waals surface area contributed by atoms with Gasteiger partial charge in [-0.05, 0) is 57.4 Å². The van der Waals surface area contributed by atoms with Crippen molar-refractivity contribution in [2.75, 3.05) is 13.2 Å². The topological polar surface area (TPSA) is 119 Å². The number of aromatic nitrogens is 4. The normalized spacial score (nSPS) is 11.3. The molecule has 0 aliphatic heterocycles. The van der Waals surface area contributed by atoms with Gasteiger partial charge in [-0.25, -0.2) is 4.98 Å². The first-order chi connectivity index (χ1) is 16.2. The number of halogens is 1. The van der Waals surface area contributed by atoms with Crippen LogP contribution >= 0.6 is 11.6 Å². The second kappa shape index (κ2) is 11.1. The van der Waals surface area contributed by atoms with Gasteiger partial charge in [-0.2, -0.15) is 0 Å². The van der Waals surface area contributed by atoms with E-state index in [2.05, 4.69) is 20.6 Å². The number of rotatable bonds is 10. The number of aryl methyl sites for hydroxylation is 2. The summed E-state index contributed by atoms with van der Waals surface area (Å²) in [5.41, 5.74) is 1.21. The molecule has 180 valence electrons. The fourth-order valence-corrected chi connectivity index (χ4v) is 3.31. The zero-order chi connectivity index (χ0) is 24.7. The van der Waals surface area contributed by atoms with Crippen LogP contribution in [0.4, 0.5) is 0 Å². The number of esters is 1. The van der Waals surface area contributed by atoms with Crippen molar-refractivity contribution in [1.29, 1.82) is 0 Å². The number of hydrogen-bond acceptors (Lipinski definition) is 7. The lowest BCUT2D eigenvalue weighted by Gasteiger charge is -2.22. The van der Waals surface area contributed by atoms with E-state index >= 15 is 0 Å². The fourth-order valence-electron chi connectivity index (χ4n) is 3.19. The summed E-state index contributed by atoms with van der Waals surface area (Å²) < 4.78 is 6.73. The van der Waals surface area contributed by atoms with Crippen molar-refractivity contribution in [1.82, 2.24) is 25.3 Å². The van der Waals surface area contributed by atoms with Gasteiger partial charge in [0.05, 0.1) is 18.2 Å². The highest BCUT2D eigenvalue weighted by Gasteiger charge is 2.30. The number of pyridine rings is 1. The van der Waals surface area contributed by atoms with Crippen molar-refractivity contribution in [3.05, 3.63) is 59.0 Å². The third-order valence-corrected chi connectivity index (χ3v) is 5.45. The van der Waals surface area contributed by atoms with Crippen LogP contribution in [0.15, 0.2) is 42.7 Å². The van der Waals surface area contributed by atoms with Gasteiger partial charge in [0.2, 0.25) is 0 Å². The average Bonchev–Trinajstić information content (AvgIpc) is 3.28. The maximum atomic E-state index is 12.5. The Morgan fingerprint density at radius 1 is 1.24 bits per heavy atom. The number of hydrogen-bond donors (Lipinski definition) is 2. The van der Waals surface area contributed by atoms with Crippen LogP contribution in [-0.4, -0.2) is 50.1 Å². The molecule has 0 unspecified atom stereocenters. The molecule has 0 saturated carbocycles. The Morgan fingerprint density at radius 2 is 1.97 bits per heavy atom. The number of carbonyl (C=O) groups is 2. The van der Waals surface area contributed by atoms with Crippen LogP contribution in [0.1, 0.15) is 43.2 Å². The largest absolute Gasteiger partial charge is 0.505 e. The van der Waals surface area contributed by atoms with Gasteiger partial charge < -0.3 is 15.2 Å². The molecule has 2 N–H and O–H groups in total. The smallest absolute Gasteiger partial charge is 0.313 e. The summed E-state index contributed by atoms with van der Waals surface area (Å²) in [6.07, 6.45) is 4.97. The number of amides is 1. The Hall–Kier alpha value is -3.46. The lowest BCUT2D eigenvalue weighted by atomic mass is 9.93. The van der Waals surface area contributed by atoms with Crippen LogP contribution in [0, 0.1) is 5.41 Å². The number of benzene rings is 1. The van der Waals surface area contributed by atoms with Crippen LogP contribution in [0.25, 0.3) is 11.3 Å². The molecule has 9 nitrogen and oxygen atoms in total. The van der Waals surface area contributed by atoms with Gasteiger partial charge in [0, 0.05) is 29.9 Å². The Morgan fingerprint density at radius 3 is 2.65 bits per heavy atom. The maximum absolute atomic E-state index is 12.5. The van der Waals surface area contributed by atoms with E-state index in [0.717, 1.165) is 12.8 Å². The SMILES string of the molecule is CCOC(=O)C(C)(C)CNC(=O)c1ncc(-c2cn(CCCc3ccc(Cl)cc3)nn2)cc1O. The van der Waals surface area contributed by atoms with Crippen LogP contribution in [0.2, 0.25) is 5.02 Å². The third-order valence-electron chi connectivity index (χ3n) is 5.20. The predicted octanol–water partition coefficient (Wildman–Crippen LogP) is 3.65. The minimum absolute atomic E-state index is 0.0396. The molecule has 3 rings (SSSR count). The molecule has 0 radical (unpaired) electrons. The van der Waals surface area contributed by atoms with E-state index in [1.54, 1.807) is 31.6 Å². The lowest BCUT2D eigenvalue weighted by Crippen LogP contribution is -2.40. The van der Waals surface area contributed by atoms with E-state index in [1.165, 1.54) is 17.8 Å². The van der Waals surface area contributed by atoms with Gasteiger partial charge >= 0.3 is 5.97 Å². The fraction of sp³-hybridized carbons (Fsp3) is 0.375. The van der Waals surface area contributed by atoms with E-state index in [0.29, 0.717) is 22.8 Å². The molecule has 2 aromatic heterocycles. The molecule has 2 heterocycles. The average molecular weight is 486 g/mol. The molecule has 0 atom stereocenters. The first-order valence-electron chi connectivity index (χ1n) is 11.0. The summed E-state index contributed by atoms with van der Waals surface area (Å²) in [4.78, 5) is 28.5. The molecule has 1 amide bonds. The Kier molecular flexibility index (Phi) is 8.22.